The molecule has 0 spiro atoms. The maximum absolute atomic E-state index is 14.7. The highest BCUT2D eigenvalue weighted by atomic mass is 79.9. The zero-order chi connectivity index (χ0) is 66.7. The maximum Gasteiger partial charge on any atom is 0.490 e. The van der Waals surface area contributed by atoms with Crippen LogP contribution in [0, 0.1) is 17.5 Å². The third kappa shape index (κ3) is 15.2. The minimum atomic E-state index is -0.243. The Labute approximate surface area is 569 Å². The Morgan fingerprint density at radius 1 is 0.547 bits per heavy atom. The molecule has 0 amide bonds. The van der Waals surface area contributed by atoms with Gasteiger partial charge < -0.3 is 33.7 Å². The van der Waals surface area contributed by atoms with Crippen LogP contribution in [0.4, 0.5) is 13.2 Å². The molecule has 0 bridgehead atoms. The first-order valence-electron chi connectivity index (χ1n) is 31.8. The van der Waals surface area contributed by atoms with E-state index < -0.39 is 0 Å². The number of hydrogen-bond donors (Lipinski definition) is 2. The lowest BCUT2D eigenvalue weighted by atomic mass is 9.75. The standard InChI is InChI=1S/C24H24FN3O2.C20H19BrFN3O.C19H17BrFN3O.C10H17BO3/c1-27-14-20-22(15-27)26-28(24(20)18-4-2-3-5-21(18)25)13-16-6-7-23(29)19(12-16)17-8-10-30-11-9-17;1-24-11-15-18(12-24)23-25(20(15)14-5-3-4-6-17(14)22)10-13-7-8-19(26-2)16(21)9-13;1-23-10-14-17(11-23)22-24(9-12-6-7-18(25)15(20)8-12)19(14)13-4-2-3-5-16(13)21;1-8-10(2,3)14-11(13-8)9-4-6-12-7-5-9/h2-8,12,29H,9-11,13-15H2,1H3;3-9H,10-12H2,1-2H3;2-8,25H,9-11H2,1H3;4,8H,5-7H2,1-3H3. The van der Waals surface area contributed by atoms with E-state index in [1.807, 2.05) is 107 Å². The molecule has 0 radical (unpaired) electrons. The van der Waals surface area contributed by atoms with E-state index in [0.29, 0.717) is 60.6 Å². The maximum atomic E-state index is 14.7. The van der Waals surface area contributed by atoms with Gasteiger partial charge in [-0.25, -0.2) is 13.2 Å². The summed E-state index contributed by atoms with van der Waals surface area (Å²) in [4.78, 5) is 6.54. The molecule has 9 aromatic rings. The lowest BCUT2D eigenvalue weighted by Gasteiger charge is -2.21. The average Bonchev–Trinajstić information content (AvgIpc) is 1.63. The number of hydrogen-bond acceptors (Lipinski definition) is 13. The third-order valence-electron chi connectivity index (χ3n) is 17.9. The minimum Gasteiger partial charge on any atom is -0.507 e. The predicted octanol–water partition coefficient (Wildman–Crippen LogP) is 14.4. The molecular formula is C73H77BBr2F3N9O7. The Morgan fingerprint density at radius 3 is 1.38 bits per heavy atom. The second-order valence-corrected chi connectivity index (χ2v) is 27.1. The Hall–Kier alpha value is -7.64. The summed E-state index contributed by atoms with van der Waals surface area (Å²) in [6.07, 6.45) is 5.94. The van der Waals surface area contributed by atoms with E-state index in [0.717, 1.165) is 148 Å². The highest BCUT2D eigenvalue weighted by Gasteiger charge is 2.45. The first-order valence-corrected chi connectivity index (χ1v) is 33.4. The van der Waals surface area contributed by atoms with Gasteiger partial charge >= 0.3 is 7.12 Å². The molecule has 494 valence electrons. The van der Waals surface area contributed by atoms with Gasteiger partial charge in [0.2, 0.25) is 0 Å². The van der Waals surface area contributed by atoms with Crippen LogP contribution in [0.1, 0.15) is 89.6 Å². The van der Waals surface area contributed by atoms with Crippen LogP contribution in [0.3, 0.4) is 0 Å². The van der Waals surface area contributed by atoms with E-state index >= 15 is 0 Å². The summed E-state index contributed by atoms with van der Waals surface area (Å²) in [5.74, 6) is 0.547. The summed E-state index contributed by atoms with van der Waals surface area (Å²) in [5.41, 5.74) is 16.7. The number of halogens is 5. The van der Waals surface area contributed by atoms with Crippen LogP contribution in [-0.4, -0.2) is 128 Å². The molecule has 15 rings (SSSR count). The summed E-state index contributed by atoms with van der Waals surface area (Å²) >= 11 is 6.87. The van der Waals surface area contributed by atoms with Gasteiger partial charge in [0.05, 0.1) is 108 Å². The summed E-state index contributed by atoms with van der Waals surface area (Å²) in [6, 6.07) is 37.6. The van der Waals surface area contributed by atoms with Gasteiger partial charge in [0.25, 0.3) is 0 Å². The molecule has 1 unspecified atom stereocenters. The predicted molar refractivity (Wildman–Crippen MR) is 369 cm³/mol. The Balaban J connectivity index is 0.000000125. The van der Waals surface area contributed by atoms with E-state index in [2.05, 4.69) is 80.5 Å². The first-order chi connectivity index (χ1) is 45.8. The molecule has 95 heavy (non-hydrogen) atoms. The molecule has 6 aliphatic heterocycles. The quantitative estimate of drug-likeness (QED) is 0.112. The molecule has 16 nitrogen and oxygen atoms in total. The van der Waals surface area contributed by atoms with Crippen LogP contribution >= 0.6 is 31.9 Å². The summed E-state index contributed by atoms with van der Waals surface area (Å²) in [5, 5.41) is 34.4. The van der Waals surface area contributed by atoms with Crippen molar-refractivity contribution in [2.45, 2.75) is 104 Å². The van der Waals surface area contributed by atoms with Crippen LogP contribution in [0.5, 0.6) is 17.2 Å². The lowest BCUT2D eigenvalue weighted by molar-refractivity contribution is 0.0840. The number of nitrogens with zero attached hydrogens (tertiary/aromatic N) is 9. The van der Waals surface area contributed by atoms with Crippen LogP contribution in [0.25, 0.3) is 39.3 Å². The van der Waals surface area contributed by atoms with E-state index in [1.165, 1.54) is 23.7 Å². The van der Waals surface area contributed by atoms with Gasteiger partial charge in [0, 0.05) is 78.2 Å². The summed E-state index contributed by atoms with van der Waals surface area (Å²) in [6.45, 7) is 15.1. The second kappa shape index (κ2) is 29.4. The van der Waals surface area contributed by atoms with Crippen LogP contribution in [0.15, 0.2) is 154 Å². The average molecular weight is 1420 g/mol. The first kappa shape index (κ1) is 67.3. The third-order valence-corrected chi connectivity index (χ3v) is 19.2. The SMILES string of the molecule is CC1OB(C2=CCOCC2)OC1(C)C.CN1Cc2nn(Cc3ccc(O)c(Br)c3)c(-c3ccccc3F)c2C1.CN1Cc2nn(Cc3ccc(O)c(C4=CCOCC4)c3)c(-c3ccccc3F)c2C1.COc1ccc(Cn2nc3c(c2-c2ccccc2F)CN(C)C3)cc1Br. The molecule has 9 heterocycles. The van der Waals surface area contributed by atoms with Crippen molar-refractivity contribution < 1.29 is 46.9 Å². The summed E-state index contributed by atoms with van der Waals surface area (Å²) < 4.78 is 78.5. The van der Waals surface area contributed by atoms with Crippen molar-refractivity contribution in [1.29, 1.82) is 0 Å². The van der Waals surface area contributed by atoms with Crippen molar-refractivity contribution in [3.05, 3.63) is 227 Å². The molecule has 1 saturated heterocycles. The smallest absolute Gasteiger partial charge is 0.490 e. The van der Waals surface area contributed by atoms with E-state index in [-0.39, 0.29) is 47.8 Å². The lowest BCUT2D eigenvalue weighted by Crippen LogP contribution is -2.30. The van der Waals surface area contributed by atoms with Gasteiger partial charge in [-0.3, -0.25) is 28.7 Å². The molecule has 2 N–H and O–H groups in total. The largest absolute Gasteiger partial charge is 0.507 e. The molecule has 3 aromatic heterocycles. The van der Waals surface area contributed by atoms with Gasteiger partial charge in [0.15, 0.2) is 0 Å². The molecule has 22 heteroatoms. The van der Waals surface area contributed by atoms with Crippen LogP contribution in [0.2, 0.25) is 0 Å². The number of ether oxygens (including phenoxy) is 3. The number of aromatic nitrogens is 6. The fourth-order valence-electron chi connectivity index (χ4n) is 12.8. The molecular weight excluding hydrogens is 1340 g/mol. The van der Waals surface area contributed by atoms with Gasteiger partial charge in [-0.2, -0.15) is 15.3 Å². The number of phenols is 2. The van der Waals surface area contributed by atoms with Crippen molar-refractivity contribution in [1.82, 2.24) is 44.0 Å². The van der Waals surface area contributed by atoms with Gasteiger partial charge in [-0.1, -0.05) is 66.7 Å². The zero-order valence-corrected chi connectivity index (χ0v) is 57.6. The number of benzene rings is 6. The molecule has 6 aliphatic rings. The van der Waals surface area contributed by atoms with E-state index in [9.17, 15) is 23.4 Å². The van der Waals surface area contributed by atoms with Gasteiger partial charge in [0.1, 0.15) is 34.7 Å². The molecule has 1 fully saturated rings. The molecule has 6 aromatic carbocycles. The molecule has 0 aliphatic carbocycles. The Kier molecular flexibility index (Phi) is 20.8. The summed E-state index contributed by atoms with van der Waals surface area (Å²) in [7, 11) is 7.63. The number of phenolic OH excluding ortho intramolecular Hbond substituents is 2. The number of methoxy groups -OCH3 is 1. The Morgan fingerprint density at radius 2 is 0.979 bits per heavy atom. The second-order valence-electron chi connectivity index (χ2n) is 25.3. The van der Waals surface area contributed by atoms with Crippen LogP contribution in [-0.2, 0) is 77.7 Å². The van der Waals surface area contributed by atoms with Crippen molar-refractivity contribution >= 4 is 44.6 Å². The zero-order valence-electron chi connectivity index (χ0n) is 54.4. The van der Waals surface area contributed by atoms with Crippen molar-refractivity contribution in [3.8, 4) is 51.0 Å². The van der Waals surface area contributed by atoms with Crippen molar-refractivity contribution in [2.24, 2.45) is 0 Å². The Bertz CT molecular complexity index is 4340. The van der Waals surface area contributed by atoms with Gasteiger partial charge in [-0.15, -0.1) is 0 Å². The topological polar surface area (TPSA) is 150 Å². The highest BCUT2D eigenvalue weighted by Crippen LogP contribution is 2.40. The fraction of sp³-hybridized carbons (Fsp3) is 0.329. The van der Waals surface area contributed by atoms with Crippen LogP contribution < -0.4 is 4.74 Å². The number of rotatable bonds is 12. The fourth-order valence-corrected chi connectivity index (χ4v) is 13.8. The van der Waals surface area contributed by atoms with Crippen molar-refractivity contribution in [2.75, 3.05) is 54.7 Å². The monoisotopic (exact) mass is 1420 g/mol. The highest BCUT2D eigenvalue weighted by molar-refractivity contribution is 9.11. The minimum absolute atomic E-state index is 0.149. The molecule has 0 saturated carbocycles. The molecule has 1 atom stereocenters. The van der Waals surface area contributed by atoms with Gasteiger partial charge in [-0.05, 0) is 187 Å². The number of fused-ring (bicyclic) bond motifs is 3. The number of aromatic hydroxyl groups is 2. The normalized spacial score (nSPS) is 17.4. The van der Waals surface area contributed by atoms with E-state index in [4.69, 9.17) is 38.8 Å². The van der Waals surface area contributed by atoms with E-state index in [1.54, 1.807) is 43.5 Å². The van der Waals surface area contributed by atoms with Crippen molar-refractivity contribution in [3.63, 3.8) is 0 Å².